The third-order valence-electron chi connectivity index (χ3n) is 1.82. The van der Waals surface area contributed by atoms with Gasteiger partial charge in [0.05, 0.1) is 20.6 Å². The van der Waals surface area contributed by atoms with Gasteiger partial charge in [0.15, 0.2) is 0 Å². The molecule has 1 heterocycles. The average Bonchev–Trinajstić information content (AvgIpc) is 1.77. The van der Waals surface area contributed by atoms with Gasteiger partial charge in [-0.3, -0.25) is 0 Å². The largest absolute Gasteiger partial charge is 0.376 e. The fourth-order valence-electron chi connectivity index (χ4n) is 0.873. The number of ether oxygens (including phenoxy) is 1. The molecule has 0 aliphatic carbocycles. The molecule has 2 radical (unpaired) electrons. The molecule has 1 aliphatic rings. The number of hydrogen-bond acceptors (Lipinski definition) is 2. The van der Waals surface area contributed by atoms with Gasteiger partial charge in [-0.2, -0.15) is 0 Å². The minimum Gasteiger partial charge on any atom is -0.376 e. The van der Waals surface area contributed by atoms with Crippen molar-refractivity contribution in [1.29, 1.82) is 0 Å². The van der Waals surface area contributed by atoms with E-state index in [0.29, 0.717) is 0 Å². The van der Waals surface area contributed by atoms with Crippen molar-refractivity contribution >= 4 is 7.85 Å². The van der Waals surface area contributed by atoms with Gasteiger partial charge in [-0.15, -0.1) is 0 Å². The maximum atomic E-state index is 5.79. The van der Waals surface area contributed by atoms with Gasteiger partial charge >= 0.3 is 0 Å². The summed E-state index contributed by atoms with van der Waals surface area (Å²) in [7, 11) is 5.79. The summed E-state index contributed by atoms with van der Waals surface area (Å²) in [6.07, 6.45) is 0.117. The van der Waals surface area contributed by atoms with Crippen LogP contribution in [0, 0.1) is 0 Å². The Bertz CT molecular complexity index is 105. The molecule has 3 heteroatoms. The van der Waals surface area contributed by atoms with Crippen molar-refractivity contribution in [1.82, 2.24) is 5.32 Å². The van der Waals surface area contributed by atoms with Gasteiger partial charge in [-0.25, -0.2) is 0 Å². The highest BCUT2D eigenvalue weighted by molar-refractivity contribution is 6.15. The van der Waals surface area contributed by atoms with E-state index in [9.17, 15) is 0 Å². The monoisotopic (exact) mass is 125 g/mol. The lowest BCUT2D eigenvalue weighted by Gasteiger charge is -2.37. The van der Waals surface area contributed by atoms with Crippen molar-refractivity contribution in [2.45, 2.75) is 25.4 Å². The maximum Gasteiger partial charge on any atom is 0.0985 e. The Morgan fingerprint density at radius 2 is 2.44 bits per heavy atom. The second-order valence-electron chi connectivity index (χ2n) is 2.72. The minimum atomic E-state index is -0.335. The van der Waals surface area contributed by atoms with Crippen molar-refractivity contribution < 1.29 is 4.74 Å². The molecule has 50 valence electrons. The zero-order valence-electron chi connectivity index (χ0n) is 5.98. The van der Waals surface area contributed by atoms with Crippen LogP contribution in [0.4, 0.5) is 0 Å². The maximum absolute atomic E-state index is 5.79. The topological polar surface area (TPSA) is 21.3 Å². The van der Waals surface area contributed by atoms with Crippen LogP contribution in [0.5, 0.6) is 0 Å². The van der Waals surface area contributed by atoms with E-state index in [1.807, 2.05) is 13.8 Å². The number of morpholine rings is 1. The lowest BCUT2D eigenvalue weighted by Crippen LogP contribution is -2.57. The molecule has 0 bridgehead atoms. The van der Waals surface area contributed by atoms with Crippen molar-refractivity contribution in [3.8, 4) is 0 Å². The molecule has 2 unspecified atom stereocenters. The van der Waals surface area contributed by atoms with Crippen LogP contribution < -0.4 is 5.32 Å². The highest BCUT2D eigenvalue weighted by Crippen LogP contribution is 2.11. The molecule has 0 saturated carbocycles. The summed E-state index contributed by atoms with van der Waals surface area (Å²) < 4.78 is 5.31. The van der Waals surface area contributed by atoms with Crippen LogP contribution in [0.2, 0.25) is 0 Å². The van der Waals surface area contributed by atoms with Crippen molar-refractivity contribution in [3.05, 3.63) is 0 Å². The molecule has 0 aromatic rings. The predicted octanol–water partition coefficient (Wildman–Crippen LogP) is -0.121. The van der Waals surface area contributed by atoms with E-state index >= 15 is 0 Å². The van der Waals surface area contributed by atoms with Crippen LogP contribution in [0.25, 0.3) is 0 Å². The summed E-state index contributed by atoms with van der Waals surface area (Å²) in [5.41, 5.74) is -0.335. The molecule has 0 spiro atoms. The van der Waals surface area contributed by atoms with E-state index < -0.39 is 0 Å². The number of hydrogen-bond donors (Lipinski definition) is 1. The van der Waals surface area contributed by atoms with E-state index in [-0.39, 0.29) is 11.5 Å². The van der Waals surface area contributed by atoms with Crippen molar-refractivity contribution in [3.63, 3.8) is 0 Å². The van der Waals surface area contributed by atoms with Crippen LogP contribution >= 0.6 is 0 Å². The molecular weight excluding hydrogens is 113 g/mol. The second-order valence-corrected chi connectivity index (χ2v) is 2.72. The summed E-state index contributed by atoms with van der Waals surface area (Å²) in [5.74, 6) is 0. The molecule has 1 saturated heterocycles. The lowest BCUT2D eigenvalue weighted by atomic mass is 9.75. The number of nitrogens with one attached hydrogen (secondary N) is 1. The first-order valence-corrected chi connectivity index (χ1v) is 3.28. The Balaban J connectivity index is 2.49. The van der Waals surface area contributed by atoms with Gasteiger partial charge in [-0.1, -0.05) is 6.92 Å². The highest BCUT2D eigenvalue weighted by Gasteiger charge is 2.27. The van der Waals surface area contributed by atoms with Crippen LogP contribution in [-0.2, 0) is 4.74 Å². The normalized spacial score (nSPS) is 44.9. The Morgan fingerprint density at radius 1 is 1.78 bits per heavy atom. The quantitative estimate of drug-likeness (QED) is 0.455. The van der Waals surface area contributed by atoms with Crippen LogP contribution in [-0.4, -0.2) is 32.5 Å². The molecule has 2 nitrogen and oxygen atoms in total. The van der Waals surface area contributed by atoms with E-state index in [4.69, 9.17) is 12.6 Å². The Morgan fingerprint density at radius 3 is 2.78 bits per heavy atom. The third kappa shape index (κ3) is 1.46. The first-order valence-electron chi connectivity index (χ1n) is 3.28. The average molecular weight is 125 g/mol. The van der Waals surface area contributed by atoms with Gasteiger partial charge in [0.1, 0.15) is 0 Å². The van der Waals surface area contributed by atoms with Gasteiger partial charge in [-0.05, 0) is 6.92 Å². The van der Waals surface area contributed by atoms with Crippen LogP contribution in [0.1, 0.15) is 13.8 Å². The smallest absolute Gasteiger partial charge is 0.0985 e. The fourth-order valence-corrected chi connectivity index (χ4v) is 0.873. The summed E-state index contributed by atoms with van der Waals surface area (Å²) in [6.45, 7) is 5.55. The summed E-state index contributed by atoms with van der Waals surface area (Å²) >= 11 is 0. The van der Waals surface area contributed by atoms with E-state index in [2.05, 4.69) is 5.32 Å². The third-order valence-corrected chi connectivity index (χ3v) is 1.82. The van der Waals surface area contributed by atoms with Crippen LogP contribution in [0.3, 0.4) is 0 Å². The van der Waals surface area contributed by atoms with Crippen molar-refractivity contribution in [2.24, 2.45) is 0 Å². The zero-order chi connectivity index (χ0) is 6.91. The molecule has 9 heavy (non-hydrogen) atoms. The lowest BCUT2D eigenvalue weighted by molar-refractivity contribution is -0.00136. The Kier molecular flexibility index (Phi) is 1.82. The molecule has 1 aliphatic heterocycles. The second kappa shape index (κ2) is 2.31. The first kappa shape index (κ1) is 7.10. The first-order chi connectivity index (χ1) is 4.13. The summed E-state index contributed by atoms with van der Waals surface area (Å²) in [5, 5.41) is 3.16. The molecule has 0 aromatic heterocycles. The molecule has 2 atom stereocenters. The van der Waals surface area contributed by atoms with Gasteiger partial charge in [0, 0.05) is 12.0 Å². The molecule has 1 N–H and O–H groups in total. The van der Waals surface area contributed by atoms with Crippen molar-refractivity contribution in [2.75, 3.05) is 13.2 Å². The molecule has 1 rings (SSSR count). The SMILES string of the molecule is [B]C1(C)NCCOC1C. The number of rotatable bonds is 0. The molecular formula is C6H12BNO. The van der Waals surface area contributed by atoms with E-state index in [1.165, 1.54) is 0 Å². The Labute approximate surface area is 57.4 Å². The summed E-state index contributed by atoms with van der Waals surface area (Å²) in [6, 6.07) is 0. The predicted molar refractivity (Wildman–Crippen MR) is 37.6 cm³/mol. The van der Waals surface area contributed by atoms with Gasteiger partial charge in [0.25, 0.3) is 0 Å². The van der Waals surface area contributed by atoms with Gasteiger partial charge < -0.3 is 10.1 Å². The Hall–Kier alpha value is -0.0151. The fraction of sp³-hybridized carbons (Fsp3) is 1.00. The molecule has 0 amide bonds. The molecule has 1 fully saturated rings. The van der Waals surface area contributed by atoms with E-state index in [1.54, 1.807) is 0 Å². The van der Waals surface area contributed by atoms with Gasteiger partial charge in [0.2, 0.25) is 0 Å². The highest BCUT2D eigenvalue weighted by atomic mass is 16.5. The zero-order valence-corrected chi connectivity index (χ0v) is 5.98. The summed E-state index contributed by atoms with van der Waals surface area (Å²) in [4.78, 5) is 0. The molecule has 0 aromatic carbocycles. The minimum absolute atomic E-state index is 0.117. The standard InChI is InChI=1S/C6H12BNO/c1-5-6(2,7)8-3-4-9-5/h5,8H,3-4H2,1-2H3. The van der Waals surface area contributed by atoms with E-state index in [0.717, 1.165) is 13.2 Å². The van der Waals surface area contributed by atoms with Crippen LogP contribution in [0.15, 0.2) is 0 Å².